The molecule has 1 saturated heterocycles. The molecule has 1 amide bonds. The summed E-state index contributed by atoms with van der Waals surface area (Å²) in [6, 6.07) is 0. The van der Waals surface area contributed by atoms with E-state index in [4.69, 9.17) is 5.73 Å². The molecule has 0 radical (unpaired) electrons. The second-order valence-corrected chi connectivity index (χ2v) is 7.67. The molecule has 116 valence electrons. The number of rotatable bonds is 1. The van der Waals surface area contributed by atoms with E-state index in [2.05, 4.69) is 25.3 Å². The van der Waals surface area contributed by atoms with Gasteiger partial charge in [-0.3, -0.25) is 4.79 Å². The Morgan fingerprint density at radius 1 is 1.14 bits per heavy atom. The van der Waals surface area contributed by atoms with E-state index in [1.165, 1.54) is 16.8 Å². The van der Waals surface area contributed by atoms with Crippen molar-refractivity contribution in [3.05, 3.63) is 23.4 Å². The molecule has 3 heteroatoms. The maximum atomic E-state index is 13.1. The second-order valence-electron chi connectivity index (χ2n) is 7.67. The van der Waals surface area contributed by atoms with Crippen molar-refractivity contribution < 1.29 is 4.79 Å². The fraction of sp³-hybridized carbons (Fsp3) is 0.722. The van der Waals surface area contributed by atoms with Crippen LogP contribution in [0.4, 0.5) is 0 Å². The summed E-state index contributed by atoms with van der Waals surface area (Å²) in [5.41, 5.74) is 9.76. The lowest BCUT2D eigenvalue weighted by atomic mass is 9.67. The normalized spacial score (nSPS) is 37.8. The Morgan fingerprint density at radius 3 is 2.48 bits per heavy atom. The predicted octanol–water partition coefficient (Wildman–Crippen LogP) is 3.51. The topological polar surface area (TPSA) is 46.3 Å². The SMILES string of the molecule is C=C1CCCC(N2CCC3(CCC(C)(N)CC3)C2=O)=C1C. The first-order valence-electron chi connectivity index (χ1n) is 8.33. The third-order valence-electron chi connectivity index (χ3n) is 6.04. The smallest absolute Gasteiger partial charge is 0.233 e. The van der Waals surface area contributed by atoms with Gasteiger partial charge < -0.3 is 10.6 Å². The van der Waals surface area contributed by atoms with Crippen LogP contribution in [-0.4, -0.2) is 22.9 Å². The van der Waals surface area contributed by atoms with Gasteiger partial charge in [-0.2, -0.15) is 0 Å². The van der Waals surface area contributed by atoms with Crippen LogP contribution in [0.15, 0.2) is 23.4 Å². The Morgan fingerprint density at radius 2 is 1.81 bits per heavy atom. The highest BCUT2D eigenvalue weighted by Crippen LogP contribution is 2.48. The van der Waals surface area contributed by atoms with Crippen molar-refractivity contribution >= 4 is 5.91 Å². The van der Waals surface area contributed by atoms with Crippen molar-refractivity contribution in [2.45, 2.75) is 70.8 Å². The minimum Gasteiger partial charge on any atom is -0.325 e. The van der Waals surface area contributed by atoms with Gasteiger partial charge in [0.25, 0.3) is 0 Å². The molecule has 0 bridgehead atoms. The van der Waals surface area contributed by atoms with Gasteiger partial charge in [0, 0.05) is 17.8 Å². The van der Waals surface area contributed by atoms with Gasteiger partial charge in [0.2, 0.25) is 5.91 Å². The number of carbonyl (C=O) groups is 1. The molecule has 1 saturated carbocycles. The summed E-state index contributed by atoms with van der Waals surface area (Å²) in [7, 11) is 0. The quantitative estimate of drug-likeness (QED) is 0.802. The molecule has 0 unspecified atom stereocenters. The van der Waals surface area contributed by atoms with Crippen LogP contribution in [0.1, 0.15) is 65.2 Å². The zero-order chi connectivity index (χ0) is 15.3. The van der Waals surface area contributed by atoms with E-state index >= 15 is 0 Å². The minimum absolute atomic E-state index is 0.0761. The Kier molecular flexibility index (Phi) is 3.52. The number of allylic oxidation sites excluding steroid dienone is 3. The molecule has 2 aliphatic carbocycles. The van der Waals surface area contributed by atoms with Crippen molar-refractivity contribution in [1.82, 2.24) is 4.90 Å². The highest BCUT2D eigenvalue weighted by Gasteiger charge is 2.50. The van der Waals surface area contributed by atoms with Gasteiger partial charge in [-0.1, -0.05) is 12.2 Å². The van der Waals surface area contributed by atoms with Gasteiger partial charge in [0.15, 0.2) is 0 Å². The Balaban J connectivity index is 1.81. The molecule has 21 heavy (non-hydrogen) atoms. The van der Waals surface area contributed by atoms with Gasteiger partial charge in [-0.05, 0) is 70.8 Å². The van der Waals surface area contributed by atoms with E-state index in [1.807, 2.05) is 0 Å². The lowest BCUT2D eigenvalue weighted by Crippen LogP contribution is -2.46. The molecule has 0 aromatic heterocycles. The van der Waals surface area contributed by atoms with Crippen molar-refractivity contribution in [2.24, 2.45) is 11.1 Å². The lowest BCUT2D eigenvalue weighted by molar-refractivity contribution is -0.136. The second kappa shape index (κ2) is 4.98. The van der Waals surface area contributed by atoms with Crippen LogP contribution in [0.2, 0.25) is 0 Å². The third kappa shape index (κ3) is 2.46. The zero-order valence-electron chi connectivity index (χ0n) is 13.5. The summed E-state index contributed by atoms with van der Waals surface area (Å²) < 4.78 is 0. The fourth-order valence-electron chi connectivity index (χ4n) is 4.23. The number of hydrogen-bond acceptors (Lipinski definition) is 2. The van der Waals surface area contributed by atoms with Gasteiger partial charge in [0.1, 0.15) is 0 Å². The van der Waals surface area contributed by atoms with E-state index in [9.17, 15) is 4.79 Å². The van der Waals surface area contributed by atoms with Crippen LogP contribution < -0.4 is 5.73 Å². The number of hydrogen-bond donors (Lipinski definition) is 1. The molecule has 0 aromatic rings. The first kappa shape index (κ1) is 14.8. The zero-order valence-corrected chi connectivity index (χ0v) is 13.5. The average Bonchev–Trinajstić information content (AvgIpc) is 2.75. The molecule has 1 spiro atoms. The monoisotopic (exact) mass is 288 g/mol. The highest BCUT2D eigenvalue weighted by atomic mass is 16.2. The van der Waals surface area contributed by atoms with Gasteiger partial charge in [0.05, 0.1) is 5.41 Å². The molecular formula is C18H28N2O. The largest absolute Gasteiger partial charge is 0.325 e. The molecule has 3 aliphatic rings. The fourth-order valence-corrected chi connectivity index (χ4v) is 4.23. The molecule has 2 fully saturated rings. The Bertz CT molecular complexity index is 505. The predicted molar refractivity (Wildman–Crippen MR) is 85.5 cm³/mol. The molecule has 3 nitrogen and oxygen atoms in total. The standard InChI is InChI=1S/C18H28N2O/c1-13-5-4-6-15(14(13)2)20-12-11-18(16(20)21)9-7-17(3,19)8-10-18/h1,4-12,19H2,2-3H3. The van der Waals surface area contributed by atoms with E-state index in [0.29, 0.717) is 5.91 Å². The number of amides is 1. The molecule has 1 heterocycles. The number of nitrogens with zero attached hydrogens (tertiary/aromatic N) is 1. The van der Waals surface area contributed by atoms with Crippen molar-refractivity contribution in [1.29, 1.82) is 0 Å². The number of nitrogens with two attached hydrogens (primary N) is 1. The molecule has 2 N–H and O–H groups in total. The third-order valence-corrected chi connectivity index (χ3v) is 6.04. The van der Waals surface area contributed by atoms with Gasteiger partial charge in [-0.15, -0.1) is 0 Å². The van der Waals surface area contributed by atoms with E-state index in [0.717, 1.165) is 57.9 Å². The summed E-state index contributed by atoms with van der Waals surface area (Å²) in [6.45, 7) is 9.29. The van der Waals surface area contributed by atoms with E-state index < -0.39 is 0 Å². The van der Waals surface area contributed by atoms with Crippen LogP contribution in [0.25, 0.3) is 0 Å². The van der Waals surface area contributed by atoms with Gasteiger partial charge >= 0.3 is 0 Å². The van der Waals surface area contributed by atoms with Crippen molar-refractivity contribution in [3.8, 4) is 0 Å². The molecule has 0 aromatic carbocycles. The molecular weight excluding hydrogens is 260 g/mol. The summed E-state index contributed by atoms with van der Waals surface area (Å²) in [4.78, 5) is 15.1. The maximum absolute atomic E-state index is 13.1. The summed E-state index contributed by atoms with van der Waals surface area (Å²) in [6.07, 6.45) is 8.10. The summed E-state index contributed by atoms with van der Waals surface area (Å²) in [5.74, 6) is 0.363. The molecule has 0 atom stereocenters. The molecule has 1 aliphatic heterocycles. The first-order chi connectivity index (χ1) is 9.85. The van der Waals surface area contributed by atoms with Crippen molar-refractivity contribution in [2.75, 3.05) is 6.54 Å². The van der Waals surface area contributed by atoms with Crippen molar-refractivity contribution in [3.63, 3.8) is 0 Å². The lowest BCUT2D eigenvalue weighted by Gasteiger charge is -2.40. The Hall–Kier alpha value is -1.09. The first-order valence-corrected chi connectivity index (χ1v) is 8.33. The van der Waals surface area contributed by atoms with E-state index in [1.54, 1.807) is 0 Å². The minimum atomic E-state index is -0.120. The number of likely N-dealkylation sites (tertiary alicyclic amines) is 1. The Labute approximate surface area is 128 Å². The van der Waals surface area contributed by atoms with Crippen LogP contribution in [0.3, 0.4) is 0 Å². The average molecular weight is 288 g/mol. The van der Waals surface area contributed by atoms with Crippen LogP contribution >= 0.6 is 0 Å². The van der Waals surface area contributed by atoms with Gasteiger partial charge in [-0.25, -0.2) is 0 Å². The maximum Gasteiger partial charge on any atom is 0.233 e. The van der Waals surface area contributed by atoms with E-state index in [-0.39, 0.29) is 11.0 Å². The van der Waals surface area contributed by atoms with Crippen LogP contribution in [-0.2, 0) is 4.79 Å². The molecule has 3 rings (SSSR count). The summed E-state index contributed by atoms with van der Waals surface area (Å²) in [5, 5.41) is 0. The van der Waals surface area contributed by atoms with Crippen LogP contribution in [0, 0.1) is 5.41 Å². The van der Waals surface area contributed by atoms with Crippen LogP contribution in [0.5, 0.6) is 0 Å². The summed E-state index contributed by atoms with van der Waals surface area (Å²) >= 11 is 0. The number of carbonyl (C=O) groups excluding carboxylic acids is 1. The highest BCUT2D eigenvalue weighted by molar-refractivity contribution is 5.87.